The Labute approximate surface area is 106 Å². The Morgan fingerprint density at radius 3 is 2.56 bits per heavy atom. The molecule has 1 aromatic heterocycles. The Morgan fingerprint density at radius 2 is 1.94 bits per heavy atom. The summed E-state index contributed by atoms with van der Waals surface area (Å²) in [5, 5.41) is 0.813. The summed E-state index contributed by atoms with van der Waals surface area (Å²) in [5.74, 6) is 0.548. The van der Waals surface area contributed by atoms with Crippen LogP contribution in [-0.2, 0) is 0 Å². The van der Waals surface area contributed by atoms with Crippen molar-refractivity contribution in [2.75, 3.05) is 25.1 Å². The fourth-order valence-electron chi connectivity index (χ4n) is 2.08. The quantitative estimate of drug-likeness (QED) is 0.779. The van der Waals surface area contributed by atoms with Crippen LogP contribution in [0.15, 0.2) is 33.5 Å². The van der Waals surface area contributed by atoms with Crippen molar-refractivity contribution in [3.05, 3.63) is 34.7 Å². The summed E-state index contributed by atoms with van der Waals surface area (Å²) >= 11 is 0. The van der Waals surface area contributed by atoms with E-state index in [9.17, 15) is 4.79 Å². The highest BCUT2D eigenvalue weighted by molar-refractivity contribution is 5.86. The largest absolute Gasteiger partial charge is 0.496 e. The average molecular weight is 247 g/mol. The highest BCUT2D eigenvalue weighted by Gasteiger charge is 2.08. The maximum atomic E-state index is 11.4. The maximum Gasteiger partial charge on any atom is 0.339 e. The molecule has 2 aromatic rings. The molecule has 0 atom stereocenters. The Hall–Kier alpha value is -1.97. The monoisotopic (exact) mass is 247 g/mol. The molecule has 0 spiro atoms. The third kappa shape index (κ3) is 2.18. The molecule has 0 fully saturated rings. The number of benzene rings is 1. The average Bonchev–Trinajstić information content (AvgIpc) is 2.38. The van der Waals surface area contributed by atoms with Gasteiger partial charge < -0.3 is 14.1 Å². The van der Waals surface area contributed by atoms with Gasteiger partial charge in [-0.25, -0.2) is 4.79 Å². The molecule has 0 aliphatic carbocycles. The lowest BCUT2D eigenvalue weighted by molar-refractivity contribution is 0.413. The molecule has 4 nitrogen and oxygen atoms in total. The first kappa shape index (κ1) is 12.5. The van der Waals surface area contributed by atoms with Crippen molar-refractivity contribution in [2.24, 2.45) is 0 Å². The normalized spacial score (nSPS) is 10.6. The number of fused-ring (bicyclic) bond motifs is 1. The minimum atomic E-state index is -0.393. The van der Waals surface area contributed by atoms with Crippen LogP contribution in [0.4, 0.5) is 5.69 Å². The van der Waals surface area contributed by atoms with Gasteiger partial charge in [0.05, 0.1) is 18.6 Å². The SMILES string of the molecule is CCN(CC)c1ccc2c(OC)cc(=O)oc2c1. The van der Waals surface area contributed by atoms with Gasteiger partial charge >= 0.3 is 5.63 Å². The third-order valence-electron chi connectivity index (χ3n) is 3.04. The van der Waals surface area contributed by atoms with E-state index >= 15 is 0 Å². The lowest BCUT2D eigenvalue weighted by Gasteiger charge is -2.21. The summed E-state index contributed by atoms with van der Waals surface area (Å²) in [4.78, 5) is 13.6. The number of rotatable bonds is 4. The van der Waals surface area contributed by atoms with Gasteiger partial charge in [-0.2, -0.15) is 0 Å². The molecular formula is C14H17NO3. The van der Waals surface area contributed by atoms with Gasteiger partial charge in [0.1, 0.15) is 11.3 Å². The van der Waals surface area contributed by atoms with Crippen LogP contribution in [0.25, 0.3) is 11.0 Å². The van der Waals surface area contributed by atoms with Crippen LogP contribution < -0.4 is 15.3 Å². The van der Waals surface area contributed by atoms with E-state index in [1.807, 2.05) is 18.2 Å². The molecule has 0 N–H and O–H groups in total. The maximum absolute atomic E-state index is 11.4. The number of hydrogen-bond donors (Lipinski definition) is 0. The first-order valence-corrected chi connectivity index (χ1v) is 6.06. The zero-order chi connectivity index (χ0) is 13.1. The number of ether oxygens (including phenoxy) is 1. The predicted octanol–water partition coefficient (Wildman–Crippen LogP) is 2.65. The van der Waals surface area contributed by atoms with Crippen molar-refractivity contribution in [2.45, 2.75) is 13.8 Å². The lowest BCUT2D eigenvalue weighted by Crippen LogP contribution is -2.21. The molecule has 4 heteroatoms. The van der Waals surface area contributed by atoms with Gasteiger partial charge in [-0.15, -0.1) is 0 Å². The second kappa shape index (κ2) is 5.12. The molecule has 0 radical (unpaired) electrons. The molecule has 96 valence electrons. The number of methoxy groups -OCH3 is 1. The van der Waals surface area contributed by atoms with Crippen molar-refractivity contribution in [3.63, 3.8) is 0 Å². The molecule has 0 amide bonds. The summed E-state index contributed by atoms with van der Waals surface area (Å²) in [6.07, 6.45) is 0. The van der Waals surface area contributed by atoms with Gasteiger partial charge in [-0.05, 0) is 26.0 Å². The standard InChI is InChI=1S/C14H17NO3/c1-4-15(5-2)10-6-7-11-12(17-3)9-14(16)18-13(11)8-10/h6-9H,4-5H2,1-3H3. The van der Waals surface area contributed by atoms with E-state index in [2.05, 4.69) is 18.7 Å². The first-order valence-electron chi connectivity index (χ1n) is 6.06. The van der Waals surface area contributed by atoms with E-state index in [0.717, 1.165) is 24.2 Å². The molecule has 0 bridgehead atoms. The van der Waals surface area contributed by atoms with Gasteiger partial charge in [0.25, 0.3) is 0 Å². The van der Waals surface area contributed by atoms with E-state index in [1.54, 1.807) is 7.11 Å². The predicted molar refractivity (Wildman–Crippen MR) is 72.6 cm³/mol. The third-order valence-corrected chi connectivity index (χ3v) is 3.04. The van der Waals surface area contributed by atoms with Gasteiger partial charge in [-0.3, -0.25) is 0 Å². The minimum absolute atomic E-state index is 0.393. The fraction of sp³-hybridized carbons (Fsp3) is 0.357. The molecule has 2 rings (SSSR count). The molecule has 1 aromatic carbocycles. The molecular weight excluding hydrogens is 230 g/mol. The molecule has 0 saturated heterocycles. The van der Waals surface area contributed by atoms with E-state index in [4.69, 9.17) is 9.15 Å². The summed E-state index contributed by atoms with van der Waals surface area (Å²) in [6.45, 7) is 6.01. The fourth-order valence-corrected chi connectivity index (χ4v) is 2.08. The van der Waals surface area contributed by atoms with Crippen LogP contribution in [-0.4, -0.2) is 20.2 Å². The van der Waals surface area contributed by atoms with Crippen LogP contribution in [0.3, 0.4) is 0 Å². The van der Waals surface area contributed by atoms with Crippen LogP contribution in [0.1, 0.15) is 13.8 Å². The Morgan fingerprint density at radius 1 is 1.22 bits per heavy atom. The summed E-state index contributed by atoms with van der Waals surface area (Å²) in [7, 11) is 1.55. The molecule has 0 aliphatic rings. The van der Waals surface area contributed by atoms with Crippen molar-refractivity contribution in [1.82, 2.24) is 0 Å². The van der Waals surface area contributed by atoms with Crippen molar-refractivity contribution in [1.29, 1.82) is 0 Å². The van der Waals surface area contributed by atoms with E-state index < -0.39 is 5.63 Å². The summed E-state index contributed by atoms with van der Waals surface area (Å²) in [5.41, 5.74) is 1.21. The second-order valence-electron chi connectivity index (χ2n) is 3.99. The lowest BCUT2D eigenvalue weighted by atomic mass is 10.2. The number of anilines is 1. The van der Waals surface area contributed by atoms with Crippen molar-refractivity contribution >= 4 is 16.7 Å². The van der Waals surface area contributed by atoms with Crippen LogP contribution in [0.2, 0.25) is 0 Å². The zero-order valence-corrected chi connectivity index (χ0v) is 10.9. The molecule has 0 unspecified atom stereocenters. The highest BCUT2D eigenvalue weighted by Crippen LogP contribution is 2.27. The summed E-state index contributed by atoms with van der Waals surface area (Å²) in [6, 6.07) is 7.17. The zero-order valence-electron chi connectivity index (χ0n) is 10.9. The van der Waals surface area contributed by atoms with Gasteiger partial charge in [0.2, 0.25) is 0 Å². The summed E-state index contributed by atoms with van der Waals surface area (Å²) < 4.78 is 10.4. The van der Waals surface area contributed by atoms with Crippen molar-refractivity contribution < 1.29 is 9.15 Å². The Bertz CT molecular complexity index is 600. The Balaban J connectivity index is 2.61. The topological polar surface area (TPSA) is 42.7 Å². The number of nitrogens with zero attached hydrogens (tertiary/aromatic N) is 1. The van der Waals surface area contributed by atoms with Gasteiger partial charge in [-0.1, -0.05) is 0 Å². The molecule has 18 heavy (non-hydrogen) atoms. The van der Waals surface area contributed by atoms with Gasteiger partial charge in [0.15, 0.2) is 0 Å². The highest BCUT2D eigenvalue weighted by atomic mass is 16.5. The Kier molecular flexibility index (Phi) is 3.55. The van der Waals surface area contributed by atoms with Crippen LogP contribution in [0, 0.1) is 0 Å². The van der Waals surface area contributed by atoms with E-state index in [-0.39, 0.29) is 0 Å². The molecule has 0 saturated carbocycles. The van der Waals surface area contributed by atoms with Crippen molar-refractivity contribution in [3.8, 4) is 5.75 Å². The molecule has 0 aliphatic heterocycles. The van der Waals surface area contributed by atoms with Gasteiger partial charge in [0, 0.05) is 24.8 Å². The van der Waals surface area contributed by atoms with Crippen LogP contribution >= 0.6 is 0 Å². The number of hydrogen-bond acceptors (Lipinski definition) is 4. The molecule has 1 heterocycles. The van der Waals surface area contributed by atoms with E-state index in [0.29, 0.717) is 11.3 Å². The minimum Gasteiger partial charge on any atom is -0.496 e. The second-order valence-corrected chi connectivity index (χ2v) is 3.99. The van der Waals surface area contributed by atoms with E-state index in [1.165, 1.54) is 6.07 Å². The smallest absolute Gasteiger partial charge is 0.339 e. The van der Waals surface area contributed by atoms with Crippen LogP contribution in [0.5, 0.6) is 5.75 Å². The first-order chi connectivity index (χ1) is 8.69.